The first-order valence-corrected chi connectivity index (χ1v) is 15.2. The normalized spacial score (nSPS) is 26.7. The van der Waals surface area contributed by atoms with Gasteiger partial charge < -0.3 is 19.8 Å². The number of carboxylic acid groups (broad SMARTS) is 1. The lowest BCUT2D eigenvalue weighted by atomic mass is 9.77. The SMILES string of the molecule is CC1(C(=O)O)CCCN(CC2CCC(OC(CO)c3ccc(C(C)(C)C)cc3C(C)(C)C)C2c2ccc(F)cc2)C1. The third-order valence-corrected chi connectivity index (χ3v) is 9.35. The van der Waals surface area contributed by atoms with Crippen molar-refractivity contribution in [1.29, 1.82) is 0 Å². The second-order valence-corrected chi connectivity index (χ2v) is 14.8. The van der Waals surface area contributed by atoms with E-state index in [1.165, 1.54) is 23.3 Å². The van der Waals surface area contributed by atoms with Crippen LogP contribution in [0.25, 0.3) is 0 Å². The van der Waals surface area contributed by atoms with Gasteiger partial charge in [-0.3, -0.25) is 4.79 Å². The van der Waals surface area contributed by atoms with E-state index in [0.29, 0.717) is 13.0 Å². The molecule has 0 spiro atoms. The minimum atomic E-state index is -0.733. The van der Waals surface area contributed by atoms with Crippen molar-refractivity contribution in [3.63, 3.8) is 0 Å². The van der Waals surface area contributed by atoms with Gasteiger partial charge in [-0.1, -0.05) is 71.9 Å². The fraction of sp³-hybridized carbons (Fsp3) is 0.629. The van der Waals surface area contributed by atoms with Crippen LogP contribution in [-0.4, -0.2) is 53.4 Å². The Hall–Kier alpha value is -2.28. The number of rotatable bonds is 8. The number of aliphatic hydroxyl groups excluding tert-OH is 1. The molecule has 1 saturated heterocycles. The van der Waals surface area contributed by atoms with Crippen molar-refractivity contribution in [2.75, 3.05) is 26.2 Å². The summed E-state index contributed by atoms with van der Waals surface area (Å²) in [5.74, 6) is -0.736. The number of ether oxygens (including phenoxy) is 1. The maximum Gasteiger partial charge on any atom is 0.310 e. The fourth-order valence-electron chi connectivity index (χ4n) is 6.96. The zero-order valence-electron chi connectivity index (χ0n) is 26.0. The van der Waals surface area contributed by atoms with Crippen LogP contribution in [-0.2, 0) is 20.4 Å². The third kappa shape index (κ3) is 7.21. The summed E-state index contributed by atoms with van der Waals surface area (Å²) in [4.78, 5) is 14.3. The highest BCUT2D eigenvalue weighted by Gasteiger charge is 2.43. The van der Waals surface area contributed by atoms with Gasteiger partial charge in [-0.25, -0.2) is 4.39 Å². The van der Waals surface area contributed by atoms with Crippen LogP contribution in [0.15, 0.2) is 42.5 Å². The number of hydrogen-bond donors (Lipinski definition) is 2. The summed E-state index contributed by atoms with van der Waals surface area (Å²) < 4.78 is 20.8. The molecule has 5 nitrogen and oxygen atoms in total. The van der Waals surface area contributed by atoms with E-state index in [4.69, 9.17) is 4.74 Å². The van der Waals surface area contributed by atoms with E-state index in [0.717, 1.165) is 43.5 Å². The number of aliphatic hydroxyl groups is 1. The molecule has 2 aromatic carbocycles. The predicted molar refractivity (Wildman–Crippen MR) is 162 cm³/mol. The van der Waals surface area contributed by atoms with Gasteiger partial charge in [-0.15, -0.1) is 0 Å². The van der Waals surface area contributed by atoms with Crippen LogP contribution in [0.4, 0.5) is 4.39 Å². The molecule has 1 aliphatic heterocycles. The van der Waals surface area contributed by atoms with Crippen molar-refractivity contribution in [2.24, 2.45) is 11.3 Å². The zero-order chi connectivity index (χ0) is 30.2. The molecule has 2 aromatic rings. The summed E-state index contributed by atoms with van der Waals surface area (Å²) >= 11 is 0. The summed E-state index contributed by atoms with van der Waals surface area (Å²) in [6.07, 6.45) is 2.70. The van der Waals surface area contributed by atoms with Crippen LogP contribution in [0, 0.1) is 17.2 Å². The van der Waals surface area contributed by atoms with Gasteiger partial charge in [0.2, 0.25) is 0 Å². The van der Waals surface area contributed by atoms with Crippen LogP contribution in [0.2, 0.25) is 0 Å². The lowest BCUT2D eigenvalue weighted by molar-refractivity contribution is -0.151. The van der Waals surface area contributed by atoms with Crippen LogP contribution < -0.4 is 0 Å². The summed E-state index contributed by atoms with van der Waals surface area (Å²) in [5, 5.41) is 20.5. The maximum atomic E-state index is 13.9. The van der Waals surface area contributed by atoms with E-state index in [2.05, 4.69) is 64.6 Å². The average Bonchev–Trinajstić information content (AvgIpc) is 3.28. The van der Waals surface area contributed by atoms with Gasteiger partial charge in [-0.05, 0) is 90.3 Å². The Morgan fingerprint density at radius 1 is 1.07 bits per heavy atom. The Kier molecular flexibility index (Phi) is 9.37. The van der Waals surface area contributed by atoms with E-state index in [-0.39, 0.29) is 41.2 Å². The van der Waals surface area contributed by atoms with E-state index in [9.17, 15) is 19.4 Å². The number of carbonyl (C=O) groups is 1. The average molecular weight is 568 g/mol. The molecule has 41 heavy (non-hydrogen) atoms. The largest absolute Gasteiger partial charge is 0.481 e. The van der Waals surface area contributed by atoms with E-state index >= 15 is 0 Å². The Morgan fingerprint density at radius 3 is 2.34 bits per heavy atom. The molecule has 0 radical (unpaired) electrons. The van der Waals surface area contributed by atoms with Crippen molar-refractivity contribution in [1.82, 2.24) is 4.90 Å². The molecule has 1 aliphatic carbocycles. The van der Waals surface area contributed by atoms with Gasteiger partial charge in [-0.2, -0.15) is 0 Å². The van der Waals surface area contributed by atoms with Gasteiger partial charge in [0.1, 0.15) is 11.9 Å². The van der Waals surface area contributed by atoms with Crippen molar-refractivity contribution in [2.45, 2.75) is 103 Å². The maximum absolute atomic E-state index is 13.9. The standard InChI is InChI=1S/C35H50FNO4/c1-33(2,3)25-12-15-27(28(19-25)34(4,5)6)30(21-38)41-29-16-11-24(31(29)23-9-13-26(36)14-10-23)20-37-18-8-17-35(7,22-37)32(39)40/h9-10,12-15,19,24,29-31,38H,8,11,16-18,20-22H2,1-7H3,(H,39,40). The molecule has 2 N–H and O–H groups in total. The van der Waals surface area contributed by atoms with Crippen LogP contribution >= 0.6 is 0 Å². The second kappa shape index (κ2) is 12.1. The van der Waals surface area contributed by atoms with Crippen LogP contribution in [0.5, 0.6) is 0 Å². The summed E-state index contributed by atoms with van der Waals surface area (Å²) in [7, 11) is 0. The summed E-state index contributed by atoms with van der Waals surface area (Å²) in [6.45, 7) is 17.1. The van der Waals surface area contributed by atoms with Gasteiger partial charge in [0.25, 0.3) is 0 Å². The lowest BCUT2D eigenvalue weighted by Gasteiger charge is -2.40. The highest BCUT2D eigenvalue weighted by molar-refractivity contribution is 5.74. The van der Waals surface area contributed by atoms with Gasteiger partial charge in [0.05, 0.1) is 18.1 Å². The number of benzene rings is 2. The van der Waals surface area contributed by atoms with Crippen molar-refractivity contribution >= 4 is 5.97 Å². The second-order valence-electron chi connectivity index (χ2n) is 14.8. The first-order chi connectivity index (χ1) is 19.1. The topological polar surface area (TPSA) is 70.0 Å². The molecule has 1 saturated carbocycles. The van der Waals surface area contributed by atoms with E-state index in [1.54, 1.807) is 0 Å². The molecule has 226 valence electrons. The number of piperidine rings is 1. The number of carboxylic acids is 1. The molecule has 0 aromatic heterocycles. The van der Waals surface area contributed by atoms with Crippen molar-refractivity contribution < 1.29 is 24.1 Å². The first kappa shape index (κ1) is 31.7. The molecule has 4 rings (SSSR count). The minimum absolute atomic E-state index is 0.00557. The molecular weight excluding hydrogens is 517 g/mol. The monoisotopic (exact) mass is 567 g/mol. The first-order valence-electron chi connectivity index (χ1n) is 15.2. The predicted octanol–water partition coefficient (Wildman–Crippen LogP) is 7.22. The molecule has 2 aliphatic rings. The molecule has 5 atom stereocenters. The minimum Gasteiger partial charge on any atom is -0.481 e. The number of hydrogen-bond acceptors (Lipinski definition) is 4. The molecule has 5 unspecified atom stereocenters. The molecule has 2 fully saturated rings. The Morgan fingerprint density at radius 2 is 1.76 bits per heavy atom. The van der Waals surface area contributed by atoms with Crippen LogP contribution in [0.3, 0.4) is 0 Å². The van der Waals surface area contributed by atoms with Crippen LogP contribution in [0.1, 0.15) is 108 Å². The number of halogens is 1. The van der Waals surface area contributed by atoms with E-state index < -0.39 is 17.5 Å². The Balaban J connectivity index is 1.63. The lowest BCUT2D eigenvalue weighted by Crippen LogP contribution is -2.47. The number of nitrogens with zero attached hydrogens (tertiary/aromatic N) is 1. The van der Waals surface area contributed by atoms with Crippen molar-refractivity contribution in [3.8, 4) is 0 Å². The summed E-state index contributed by atoms with van der Waals surface area (Å²) in [5.41, 5.74) is 3.62. The quantitative estimate of drug-likeness (QED) is 0.352. The molecule has 0 amide bonds. The number of aliphatic carboxylic acids is 1. The highest BCUT2D eigenvalue weighted by Crippen LogP contribution is 2.45. The smallest absolute Gasteiger partial charge is 0.310 e. The molecular formula is C35H50FNO4. The van der Waals surface area contributed by atoms with Gasteiger partial charge in [0.15, 0.2) is 0 Å². The van der Waals surface area contributed by atoms with E-state index in [1.807, 2.05) is 19.1 Å². The number of likely N-dealkylation sites (tertiary alicyclic amines) is 1. The highest BCUT2D eigenvalue weighted by atomic mass is 19.1. The zero-order valence-corrected chi connectivity index (χ0v) is 26.0. The van der Waals surface area contributed by atoms with Gasteiger partial charge >= 0.3 is 5.97 Å². The van der Waals surface area contributed by atoms with Crippen molar-refractivity contribution in [3.05, 3.63) is 70.5 Å². The fourth-order valence-corrected chi connectivity index (χ4v) is 6.96. The van der Waals surface area contributed by atoms with Gasteiger partial charge in [0, 0.05) is 19.0 Å². The molecule has 1 heterocycles. The molecule has 6 heteroatoms. The Labute approximate surface area is 246 Å². The third-order valence-electron chi connectivity index (χ3n) is 9.35. The summed E-state index contributed by atoms with van der Waals surface area (Å²) in [6, 6.07) is 13.3. The molecule has 0 bridgehead atoms. The Bertz CT molecular complexity index is 1200.